The van der Waals surface area contributed by atoms with Gasteiger partial charge in [0, 0.05) is 34.0 Å². The molecule has 24 heavy (non-hydrogen) atoms. The second kappa shape index (κ2) is 7.45. The molecule has 0 aliphatic heterocycles. The summed E-state index contributed by atoms with van der Waals surface area (Å²) in [5.74, 6) is -1.89. The second-order valence-electron chi connectivity index (χ2n) is 5.83. The van der Waals surface area contributed by atoms with Crippen LogP contribution in [0, 0.1) is 13.8 Å². The molecule has 1 aromatic carbocycles. The zero-order valence-electron chi connectivity index (χ0n) is 15.3. The summed E-state index contributed by atoms with van der Waals surface area (Å²) in [5, 5.41) is 0. The largest absolute Gasteiger partial charge is 0.346 e. The van der Waals surface area contributed by atoms with E-state index < -0.39 is 11.6 Å². The van der Waals surface area contributed by atoms with Gasteiger partial charge in [0.2, 0.25) is 11.6 Å². The van der Waals surface area contributed by atoms with E-state index in [0.29, 0.717) is 0 Å². The van der Waals surface area contributed by atoms with Crippen LogP contribution in [-0.2, 0) is 18.9 Å². The van der Waals surface area contributed by atoms with Gasteiger partial charge in [-0.25, -0.2) is 0 Å². The summed E-state index contributed by atoms with van der Waals surface area (Å²) < 4.78 is 22.3. The van der Waals surface area contributed by atoms with E-state index in [4.69, 9.17) is 18.9 Å². The van der Waals surface area contributed by atoms with Crippen molar-refractivity contribution in [3.8, 4) is 0 Å². The van der Waals surface area contributed by atoms with E-state index in [-0.39, 0.29) is 0 Å². The van der Waals surface area contributed by atoms with Crippen molar-refractivity contribution in [2.75, 3.05) is 28.4 Å². The van der Waals surface area contributed by atoms with Crippen LogP contribution >= 0.6 is 0 Å². The van der Waals surface area contributed by atoms with Gasteiger partial charge < -0.3 is 18.9 Å². The van der Waals surface area contributed by atoms with E-state index in [1.165, 1.54) is 11.1 Å². The first-order valence-electron chi connectivity index (χ1n) is 7.84. The predicted octanol–water partition coefficient (Wildman–Crippen LogP) is 3.79. The minimum Gasteiger partial charge on any atom is -0.346 e. The predicted molar refractivity (Wildman–Crippen MR) is 95.7 cm³/mol. The Kier molecular flexibility index (Phi) is 5.78. The number of rotatable bonds is 6. The van der Waals surface area contributed by atoms with Crippen LogP contribution in [0.1, 0.15) is 16.7 Å². The number of ether oxygens (including phenoxy) is 4. The summed E-state index contributed by atoms with van der Waals surface area (Å²) in [6.07, 6.45) is 9.49. The van der Waals surface area contributed by atoms with Crippen LogP contribution in [0.2, 0.25) is 0 Å². The summed E-state index contributed by atoms with van der Waals surface area (Å²) in [4.78, 5) is 0. The summed E-state index contributed by atoms with van der Waals surface area (Å²) in [6.45, 7) is 4.16. The molecule has 0 unspecified atom stereocenters. The molecule has 4 heteroatoms. The fraction of sp³-hybridized carbons (Fsp3) is 0.400. The maximum atomic E-state index is 5.63. The summed E-state index contributed by atoms with van der Waals surface area (Å²) >= 11 is 0. The van der Waals surface area contributed by atoms with Gasteiger partial charge in [0.25, 0.3) is 0 Å². The summed E-state index contributed by atoms with van der Waals surface area (Å²) in [6, 6.07) is 6.36. The van der Waals surface area contributed by atoms with Gasteiger partial charge in [-0.05, 0) is 43.2 Å². The van der Waals surface area contributed by atoms with E-state index in [1.54, 1.807) is 34.5 Å². The Morgan fingerprint density at radius 2 is 1.50 bits per heavy atom. The third-order valence-corrected chi connectivity index (χ3v) is 4.42. The van der Waals surface area contributed by atoms with Crippen LogP contribution in [0.4, 0.5) is 0 Å². The van der Waals surface area contributed by atoms with Gasteiger partial charge in [0.15, 0.2) is 0 Å². The topological polar surface area (TPSA) is 36.9 Å². The number of hydrogen-bond donors (Lipinski definition) is 0. The molecule has 0 heterocycles. The van der Waals surface area contributed by atoms with Crippen LogP contribution in [-0.4, -0.2) is 40.0 Å². The van der Waals surface area contributed by atoms with Crippen LogP contribution < -0.4 is 0 Å². The third-order valence-electron chi connectivity index (χ3n) is 4.42. The van der Waals surface area contributed by atoms with Crippen molar-refractivity contribution in [1.29, 1.82) is 0 Å². The lowest BCUT2D eigenvalue weighted by atomic mass is 9.93. The molecule has 0 radical (unpaired) electrons. The second-order valence-corrected chi connectivity index (χ2v) is 5.83. The maximum Gasteiger partial charge on any atom is 0.214 e. The van der Waals surface area contributed by atoms with Gasteiger partial charge in [-0.1, -0.05) is 35.9 Å². The summed E-state index contributed by atoms with van der Waals surface area (Å²) in [7, 11) is 6.42. The van der Waals surface area contributed by atoms with E-state index in [1.807, 2.05) is 18.2 Å². The van der Waals surface area contributed by atoms with Gasteiger partial charge in [-0.2, -0.15) is 0 Å². The Balaban J connectivity index is 2.47. The molecular weight excluding hydrogens is 304 g/mol. The van der Waals surface area contributed by atoms with Crippen molar-refractivity contribution in [2.24, 2.45) is 0 Å². The number of benzene rings is 1. The first-order chi connectivity index (χ1) is 11.4. The quantitative estimate of drug-likeness (QED) is 0.587. The molecule has 0 spiro atoms. The average Bonchev–Trinajstić information content (AvgIpc) is 2.62. The van der Waals surface area contributed by atoms with Crippen molar-refractivity contribution in [2.45, 2.75) is 25.4 Å². The van der Waals surface area contributed by atoms with Crippen molar-refractivity contribution in [3.63, 3.8) is 0 Å². The fourth-order valence-electron chi connectivity index (χ4n) is 2.76. The molecule has 0 aromatic heterocycles. The normalized spacial score (nSPS) is 18.8. The Morgan fingerprint density at radius 1 is 0.833 bits per heavy atom. The van der Waals surface area contributed by atoms with Gasteiger partial charge in [-0.15, -0.1) is 0 Å². The molecular formula is C20H26O4. The van der Waals surface area contributed by atoms with Gasteiger partial charge in [-0.3, -0.25) is 0 Å². The zero-order valence-corrected chi connectivity index (χ0v) is 15.3. The molecule has 2 rings (SSSR count). The molecule has 1 aliphatic carbocycles. The third kappa shape index (κ3) is 3.52. The highest BCUT2D eigenvalue weighted by atomic mass is 16.7. The van der Waals surface area contributed by atoms with Crippen molar-refractivity contribution in [3.05, 3.63) is 64.8 Å². The molecule has 130 valence electrons. The van der Waals surface area contributed by atoms with Gasteiger partial charge >= 0.3 is 0 Å². The number of methoxy groups -OCH3 is 4. The molecule has 1 aliphatic rings. The van der Waals surface area contributed by atoms with E-state index >= 15 is 0 Å². The smallest absolute Gasteiger partial charge is 0.214 e. The molecule has 1 aromatic rings. The monoisotopic (exact) mass is 330 g/mol. The van der Waals surface area contributed by atoms with Crippen LogP contribution in [0.25, 0.3) is 6.08 Å². The van der Waals surface area contributed by atoms with Crippen LogP contribution in [0.3, 0.4) is 0 Å². The first-order valence-corrected chi connectivity index (χ1v) is 7.84. The van der Waals surface area contributed by atoms with Crippen LogP contribution in [0.5, 0.6) is 0 Å². The van der Waals surface area contributed by atoms with Gasteiger partial charge in [0.05, 0.1) is 0 Å². The number of aryl methyl sites for hydroxylation is 2. The SMILES string of the molecule is COC1(OC)C=CC(OC)(OC)C(/C=C/c2cc(C)ccc2C)=C1. The molecule has 0 amide bonds. The molecule has 0 saturated heterocycles. The minimum atomic E-state index is -0.964. The van der Waals surface area contributed by atoms with Crippen LogP contribution in [0.15, 0.2) is 48.1 Å². The minimum absolute atomic E-state index is 0.805. The summed E-state index contributed by atoms with van der Waals surface area (Å²) in [5.41, 5.74) is 4.37. The van der Waals surface area contributed by atoms with E-state index in [2.05, 4.69) is 38.1 Å². The number of hydrogen-bond acceptors (Lipinski definition) is 4. The first kappa shape index (κ1) is 18.6. The highest BCUT2D eigenvalue weighted by Crippen LogP contribution is 2.35. The standard InChI is InChI=1S/C20H26O4/c1-15-7-8-16(2)17(13-15)9-10-18-14-19(21-3,22-4)11-12-20(18,23-5)24-6/h7-14H,1-6H3/b10-9+. The van der Waals surface area contributed by atoms with Crippen molar-refractivity contribution < 1.29 is 18.9 Å². The molecule has 0 bridgehead atoms. The molecule has 0 fully saturated rings. The maximum absolute atomic E-state index is 5.63. The zero-order chi connectivity index (χ0) is 17.8. The Hall–Kier alpha value is -1.72. The molecule has 0 saturated carbocycles. The van der Waals surface area contributed by atoms with Crippen molar-refractivity contribution in [1.82, 2.24) is 0 Å². The van der Waals surface area contributed by atoms with E-state index in [9.17, 15) is 0 Å². The Bertz CT molecular complexity index is 662. The molecule has 0 atom stereocenters. The van der Waals surface area contributed by atoms with E-state index in [0.717, 1.165) is 11.1 Å². The average molecular weight is 330 g/mol. The fourth-order valence-corrected chi connectivity index (χ4v) is 2.76. The van der Waals surface area contributed by atoms with Gasteiger partial charge in [0.1, 0.15) is 0 Å². The molecule has 4 nitrogen and oxygen atoms in total. The molecule has 0 N–H and O–H groups in total. The lowest BCUT2D eigenvalue weighted by molar-refractivity contribution is -0.164. The highest BCUT2D eigenvalue weighted by Gasteiger charge is 2.39. The Morgan fingerprint density at radius 3 is 2.08 bits per heavy atom. The van der Waals surface area contributed by atoms with Crippen molar-refractivity contribution >= 4 is 6.08 Å². The Labute approximate surface area is 144 Å². The highest BCUT2D eigenvalue weighted by molar-refractivity contribution is 5.59. The lowest BCUT2D eigenvalue weighted by Crippen LogP contribution is -2.41. The lowest BCUT2D eigenvalue weighted by Gasteiger charge is -2.37.